The van der Waals surface area contributed by atoms with E-state index in [9.17, 15) is 0 Å². The maximum Gasteiger partial charge on any atom is 0.217 e. The van der Waals surface area contributed by atoms with Crippen LogP contribution < -0.4 is 0 Å². The van der Waals surface area contributed by atoms with E-state index in [-0.39, 0.29) is 0 Å². The zero-order valence-electron chi connectivity index (χ0n) is 11.2. The average Bonchev–Trinajstić information content (AvgIpc) is 3.20. The van der Waals surface area contributed by atoms with Gasteiger partial charge in [0.2, 0.25) is 4.77 Å². The summed E-state index contributed by atoms with van der Waals surface area (Å²) in [6.07, 6.45) is 4.09. The minimum absolute atomic E-state index is 0.723. The Labute approximate surface area is 126 Å². The fraction of sp³-hybridized carbons (Fsp3) is 0.615. The fourth-order valence-corrected chi connectivity index (χ4v) is 4.30. The minimum Gasteiger partial charge on any atom is -0.281 e. The molecule has 2 bridgehead atoms. The fourth-order valence-electron chi connectivity index (χ4n) is 3.42. The lowest BCUT2D eigenvalue weighted by Crippen LogP contribution is -2.34. The molecule has 7 heteroatoms. The van der Waals surface area contributed by atoms with E-state index in [0.29, 0.717) is 0 Å². The Morgan fingerprint density at radius 3 is 2.90 bits per heavy atom. The molecule has 0 N–H and O–H groups in total. The smallest absolute Gasteiger partial charge is 0.217 e. The molecule has 2 aliphatic rings. The maximum atomic E-state index is 5.50. The van der Waals surface area contributed by atoms with Crippen LogP contribution in [0.5, 0.6) is 0 Å². The van der Waals surface area contributed by atoms with E-state index in [1.165, 1.54) is 30.7 Å². The Bertz CT molecular complexity index is 644. The van der Waals surface area contributed by atoms with Gasteiger partial charge in [0, 0.05) is 17.5 Å². The molecular weight excluding hydrogens is 290 g/mol. The van der Waals surface area contributed by atoms with Gasteiger partial charge in [0.25, 0.3) is 0 Å². The van der Waals surface area contributed by atoms with Crippen LogP contribution in [0.3, 0.4) is 0 Å². The van der Waals surface area contributed by atoms with Gasteiger partial charge in [-0.15, -0.1) is 11.3 Å². The Morgan fingerprint density at radius 1 is 1.30 bits per heavy atom. The zero-order chi connectivity index (χ0) is 13.5. The number of nitrogens with zero attached hydrogens (tertiary/aromatic N) is 5. The third-order valence-electron chi connectivity index (χ3n) is 4.42. The summed E-state index contributed by atoms with van der Waals surface area (Å²) in [5, 5.41) is 10.5. The van der Waals surface area contributed by atoms with Crippen molar-refractivity contribution >= 4 is 23.6 Å². The van der Waals surface area contributed by atoms with Crippen LogP contribution in [0.15, 0.2) is 17.5 Å². The lowest BCUT2D eigenvalue weighted by Gasteiger charge is -2.25. The van der Waals surface area contributed by atoms with Crippen LogP contribution in [-0.4, -0.2) is 37.3 Å². The van der Waals surface area contributed by atoms with Crippen LogP contribution >= 0.6 is 23.6 Å². The molecule has 0 amide bonds. The molecule has 2 aromatic rings. The number of hydrogen-bond donors (Lipinski definition) is 0. The molecule has 0 aromatic carbocycles. The predicted molar refractivity (Wildman–Crippen MR) is 80.1 cm³/mol. The third-order valence-corrected chi connectivity index (χ3v) is 5.70. The van der Waals surface area contributed by atoms with Crippen molar-refractivity contribution in [3.63, 3.8) is 0 Å². The molecule has 0 spiro atoms. The van der Waals surface area contributed by atoms with Gasteiger partial charge in [-0.2, -0.15) is 0 Å². The standard InChI is InChI=1S/C13H17N5S2/c19-13-17(8-12-2-1-5-20-12)14-15-18(13)9-16-7-10-3-4-11(16)6-10/h1-2,5,10-11H,3-4,6-9H2. The number of fused-ring (bicyclic) bond motifs is 2. The first-order chi connectivity index (χ1) is 9.79. The van der Waals surface area contributed by atoms with E-state index in [1.54, 1.807) is 11.3 Å². The van der Waals surface area contributed by atoms with E-state index in [1.807, 2.05) is 9.36 Å². The minimum atomic E-state index is 0.723. The molecular formula is C13H17N5S2. The number of thiophene rings is 1. The van der Waals surface area contributed by atoms with Crippen LogP contribution in [0.2, 0.25) is 0 Å². The van der Waals surface area contributed by atoms with Crippen molar-refractivity contribution in [1.82, 2.24) is 24.7 Å². The first kappa shape index (κ1) is 12.7. The van der Waals surface area contributed by atoms with Gasteiger partial charge in [-0.1, -0.05) is 6.07 Å². The van der Waals surface area contributed by atoms with Crippen LogP contribution in [0.1, 0.15) is 24.1 Å². The summed E-state index contributed by atoms with van der Waals surface area (Å²) in [6, 6.07) is 4.89. The van der Waals surface area contributed by atoms with E-state index >= 15 is 0 Å². The second-order valence-electron chi connectivity index (χ2n) is 5.74. The summed E-state index contributed by atoms with van der Waals surface area (Å²) in [6.45, 7) is 2.72. The Kier molecular flexibility index (Phi) is 3.20. The van der Waals surface area contributed by atoms with Crippen molar-refractivity contribution in [3.05, 3.63) is 27.2 Å². The summed E-state index contributed by atoms with van der Waals surface area (Å²) in [5.41, 5.74) is 0. The first-order valence-electron chi connectivity index (χ1n) is 7.06. The summed E-state index contributed by atoms with van der Waals surface area (Å²) < 4.78 is 4.40. The second-order valence-corrected chi connectivity index (χ2v) is 7.14. The van der Waals surface area contributed by atoms with Crippen LogP contribution in [0.4, 0.5) is 0 Å². The highest BCUT2D eigenvalue weighted by atomic mass is 32.1. The summed E-state index contributed by atoms with van der Waals surface area (Å²) in [4.78, 5) is 3.77. The van der Waals surface area contributed by atoms with E-state index in [4.69, 9.17) is 12.2 Å². The van der Waals surface area contributed by atoms with Gasteiger partial charge in [0.05, 0.1) is 13.2 Å². The predicted octanol–water partition coefficient (Wildman–Crippen LogP) is 2.36. The molecule has 2 unspecified atom stereocenters. The lowest BCUT2D eigenvalue weighted by atomic mass is 10.1. The van der Waals surface area contributed by atoms with Gasteiger partial charge in [-0.05, 0) is 59.3 Å². The average molecular weight is 307 g/mol. The summed E-state index contributed by atoms with van der Waals surface area (Å²) >= 11 is 7.22. The van der Waals surface area contributed by atoms with Gasteiger partial charge in [0.1, 0.15) is 0 Å². The molecule has 106 valence electrons. The Hall–Kier alpha value is -1.05. The van der Waals surface area contributed by atoms with Crippen molar-refractivity contribution < 1.29 is 0 Å². The van der Waals surface area contributed by atoms with Crippen molar-refractivity contribution in [2.24, 2.45) is 5.92 Å². The van der Waals surface area contributed by atoms with Crippen LogP contribution in [0.25, 0.3) is 0 Å². The van der Waals surface area contributed by atoms with Crippen LogP contribution in [0, 0.1) is 10.7 Å². The topological polar surface area (TPSA) is 38.9 Å². The number of likely N-dealkylation sites (tertiary alicyclic amines) is 1. The Morgan fingerprint density at radius 2 is 2.20 bits per heavy atom. The SMILES string of the molecule is S=c1n(Cc2cccs2)nnn1CN1CC2CCC1C2. The van der Waals surface area contributed by atoms with Gasteiger partial charge in [-0.25, -0.2) is 9.36 Å². The molecule has 2 aromatic heterocycles. The summed E-state index contributed by atoms with van der Waals surface area (Å²) in [5.74, 6) is 0.898. The molecule has 0 radical (unpaired) electrons. The molecule has 1 saturated heterocycles. The van der Waals surface area contributed by atoms with E-state index in [0.717, 1.165) is 29.9 Å². The van der Waals surface area contributed by atoms with Gasteiger partial charge >= 0.3 is 0 Å². The highest BCUT2D eigenvalue weighted by molar-refractivity contribution is 7.71. The molecule has 1 aliphatic heterocycles. The van der Waals surface area contributed by atoms with Crippen molar-refractivity contribution in [2.75, 3.05) is 6.54 Å². The first-order valence-corrected chi connectivity index (χ1v) is 8.35. The lowest BCUT2D eigenvalue weighted by molar-refractivity contribution is 0.157. The molecule has 2 atom stereocenters. The quantitative estimate of drug-likeness (QED) is 0.813. The molecule has 2 fully saturated rings. The van der Waals surface area contributed by atoms with Crippen molar-refractivity contribution in [2.45, 2.75) is 38.5 Å². The van der Waals surface area contributed by atoms with Gasteiger partial charge in [-0.3, -0.25) is 4.90 Å². The van der Waals surface area contributed by atoms with Crippen LogP contribution in [-0.2, 0) is 13.2 Å². The molecule has 1 aliphatic carbocycles. The number of aromatic nitrogens is 4. The van der Waals surface area contributed by atoms with Crippen molar-refractivity contribution in [3.8, 4) is 0 Å². The highest BCUT2D eigenvalue weighted by Crippen LogP contribution is 2.37. The molecule has 20 heavy (non-hydrogen) atoms. The number of rotatable bonds is 4. The van der Waals surface area contributed by atoms with E-state index in [2.05, 4.69) is 32.8 Å². The highest BCUT2D eigenvalue weighted by Gasteiger charge is 2.37. The largest absolute Gasteiger partial charge is 0.281 e. The van der Waals surface area contributed by atoms with Gasteiger partial charge in [0.15, 0.2) is 0 Å². The molecule has 4 rings (SSSR count). The maximum absolute atomic E-state index is 5.50. The molecule has 1 saturated carbocycles. The molecule has 5 nitrogen and oxygen atoms in total. The second kappa shape index (κ2) is 5.05. The monoisotopic (exact) mass is 307 g/mol. The van der Waals surface area contributed by atoms with Gasteiger partial charge < -0.3 is 0 Å². The number of tetrazole rings is 1. The van der Waals surface area contributed by atoms with E-state index < -0.39 is 0 Å². The third kappa shape index (κ3) is 2.23. The zero-order valence-corrected chi connectivity index (χ0v) is 12.8. The summed E-state index contributed by atoms with van der Waals surface area (Å²) in [7, 11) is 0. The van der Waals surface area contributed by atoms with Crippen molar-refractivity contribution in [1.29, 1.82) is 0 Å². The Balaban J connectivity index is 1.49. The number of piperidine rings is 1. The normalized spacial score (nSPS) is 25.6. The molecule has 3 heterocycles. The number of hydrogen-bond acceptors (Lipinski definition) is 5.